The molecule has 1 heterocycles. The number of aromatic nitrogens is 1. The van der Waals surface area contributed by atoms with Gasteiger partial charge in [0.05, 0.1) is 6.61 Å². The van der Waals surface area contributed by atoms with Crippen LogP contribution >= 0.6 is 11.3 Å². The molecule has 0 fully saturated rings. The molecule has 1 aromatic rings. The SMILES string of the molecule is CCOC(=O)c1csc(N(C)CCC(C)C)n1. The highest BCUT2D eigenvalue weighted by atomic mass is 32.1. The molecule has 0 amide bonds. The maximum atomic E-state index is 11.5. The molecule has 1 rings (SSSR count). The summed E-state index contributed by atoms with van der Waals surface area (Å²) in [6, 6.07) is 0. The van der Waals surface area contributed by atoms with E-state index < -0.39 is 0 Å². The monoisotopic (exact) mass is 256 g/mol. The van der Waals surface area contributed by atoms with E-state index in [9.17, 15) is 4.79 Å². The molecule has 1 aromatic heterocycles. The van der Waals surface area contributed by atoms with Crippen molar-refractivity contribution in [3.05, 3.63) is 11.1 Å². The number of carbonyl (C=O) groups is 1. The summed E-state index contributed by atoms with van der Waals surface area (Å²) in [5.74, 6) is 0.328. The fourth-order valence-corrected chi connectivity index (χ4v) is 2.07. The van der Waals surface area contributed by atoms with E-state index in [0.29, 0.717) is 18.2 Å². The van der Waals surface area contributed by atoms with E-state index in [1.54, 1.807) is 12.3 Å². The lowest BCUT2D eigenvalue weighted by atomic mass is 10.1. The van der Waals surface area contributed by atoms with Gasteiger partial charge in [-0.05, 0) is 19.3 Å². The number of thiazole rings is 1. The van der Waals surface area contributed by atoms with Crippen LogP contribution in [-0.4, -0.2) is 31.2 Å². The minimum absolute atomic E-state index is 0.341. The number of carbonyl (C=O) groups excluding carboxylic acids is 1. The number of nitrogens with zero attached hydrogens (tertiary/aromatic N) is 2. The van der Waals surface area contributed by atoms with Crippen molar-refractivity contribution in [1.82, 2.24) is 4.98 Å². The van der Waals surface area contributed by atoms with E-state index in [1.165, 1.54) is 11.3 Å². The number of anilines is 1. The Kier molecular flexibility index (Phi) is 5.41. The Hall–Kier alpha value is -1.10. The normalized spacial score (nSPS) is 10.6. The molecule has 0 N–H and O–H groups in total. The predicted molar refractivity (Wildman–Crippen MR) is 70.8 cm³/mol. The minimum atomic E-state index is -0.341. The molecule has 0 atom stereocenters. The van der Waals surface area contributed by atoms with Crippen LogP contribution in [0.15, 0.2) is 5.38 Å². The fraction of sp³-hybridized carbons (Fsp3) is 0.667. The van der Waals surface area contributed by atoms with Crippen molar-refractivity contribution < 1.29 is 9.53 Å². The molecule has 0 aliphatic rings. The van der Waals surface area contributed by atoms with Crippen molar-refractivity contribution in [2.75, 3.05) is 25.1 Å². The second kappa shape index (κ2) is 6.59. The zero-order chi connectivity index (χ0) is 12.8. The van der Waals surface area contributed by atoms with E-state index in [4.69, 9.17) is 4.74 Å². The van der Waals surface area contributed by atoms with Crippen LogP contribution in [-0.2, 0) is 4.74 Å². The van der Waals surface area contributed by atoms with Gasteiger partial charge in [0.25, 0.3) is 0 Å². The van der Waals surface area contributed by atoms with E-state index >= 15 is 0 Å². The molecule has 0 spiro atoms. The average Bonchev–Trinajstić information content (AvgIpc) is 2.75. The van der Waals surface area contributed by atoms with Crippen LogP contribution in [0.5, 0.6) is 0 Å². The molecule has 0 unspecified atom stereocenters. The lowest BCUT2D eigenvalue weighted by Gasteiger charge is -2.16. The van der Waals surface area contributed by atoms with Crippen molar-refractivity contribution in [1.29, 1.82) is 0 Å². The first-order valence-corrected chi connectivity index (χ1v) is 6.76. The molecule has 17 heavy (non-hydrogen) atoms. The van der Waals surface area contributed by atoms with Crippen LogP contribution < -0.4 is 4.90 Å². The predicted octanol–water partition coefficient (Wildman–Crippen LogP) is 2.80. The highest BCUT2D eigenvalue weighted by Crippen LogP contribution is 2.20. The molecule has 5 heteroatoms. The molecule has 4 nitrogen and oxygen atoms in total. The molecule has 0 saturated carbocycles. The smallest absolute Gasteiger partial charge is 0.357 e. The van der Waals surface area contributed by atoms with Gasteiger partial charge in [-0.1, -0.05) is 13.8 Å². The summed E-state index contributed by atoms with van der Waals surface area (Å²) in [6.45, 7) is 7.52. The Morgan fingerprint density at radius 3 is 2.88 bits per heavy atom. The molecule has 0 aliphatic carbocycles. The van der Waals surface area contributed by atoms with Gasteiger partial charge in [-0.15, -0.1) is 11.3 Å². The number of hydrogen-bond acceptors (Lipinski definition) is 5. The molecular formula is C12H20N2O2S. The van der Waals surface area contributed by atoms with E-state index in [0.717, 1.165) is 18.1 Å². The van der Waals surface area contributed by atoms with Gasteiger partial charge in [-0.25, -0.2) is 9.78 Å². The average molecular weight is 256 g/mol. The summed E-state index contributed by atoms with van der Waals surface area (Å²) < 4.78 is 4.91. The highest BCUT2D eigenvalue weighted by molar-refractivity contribution is 7.13. The third kappa shape index (κ3) is 4.34. The maximum absolute atomic E-state index is 11.5. The Bertz CT molecular complexity index is 363. The molecule has 0 saturated heterocycles. The van der Waals surface area contributed by atoms with Gasteiger partial charge in [0, 0.05) is 19.0 Å². The van der Waals surface area contributed by atoms with E-state index in [-0.39, 0.29) is 5.97 Å². The van der Waals surface area contributed by atoms with Crippen molar-refractivity contribution in [2.24, 2.45) is 5.92 Å². The first kappa shape index (κ1) is 14.0. The molecule has 0 radical (unpaired) electrons. The summed E-state index contributed by atoms with van der Waals surface area (Å²) in [7, 11) is 2.00. The molecule has 0 aliphatic heterocycles. The summed E-state index contributed by atoms with van der Waals surface area (Å²) in [6.07, 6.45) is 1.12. The van der Waals surface area contributed by atoms with Gasteiger partial charge in [0.2, 0.25) is 0 Å². The van der Waals surface area contributed by atoms with Gasteiger partial charge >= 0.3 is 5.97 Å². The number of rotatable bonds is 6. The van der Waals surface area contributed by atoms with Crippen LogP contribution in [0.25, 0.3) is 0 Å². The fourth-order valence-electron chi connectivity index (χ4n) is 1.29. The molecular weight excluding hydrogens is 236 g/mol. The summed E-state index contributed by atoms with van der Waals surface area (Å²) >= 11 is 1.48. The van der Waals surface area contributed by atoms with Crippen LogP contribution in [0.4, 0.5) is 5.13 Å². The molecule has 0 bridgehead atoms. The number of ether oxygens (including phenoxy) is 1. The highest BCUT2D eigenvalue weighted by Gasteiger charge is 2.13. The molecule has 96 valence electrons. The van der Waals surface area contributed by atoms with Gasteiger partial charge < -0.3 is 9.64 Å². The summed E-state index contributed by atoms with van der Waals surface area (Å²) in [5.41, 5.74) is 0.406. The first-order chi connectivity index (χ1) is 8.04. The first-order valence-electron chi connectivity index (χ1n) is 5.88. The summed E-state index contributed by atoms with van der Waals surface area (Å²) in [4.78, 5) is 17.8. The third-order valence-corrected chi connectivity index (χ3v) is 3.30. The Morgan fingerprint density at radius 1 is 1.59 bits per heavy atom. The van der Waals surface area contributed by atoms with Gasteiger partial charge in [0.1, 0.15) is 0 Å². The molecule has 0 aromatic carbocycles. The van der Waals surface area contributed by atoms with Gasteiger partial charge in [-0.2, -0.15) is 0 Å². The zero-order valence-corrected chi connectivity index (χ0v) is 11.7. The van der Waals surface area contributed by atoms with Crippen molar-refractivity contribution in [3.63, 3.8) is 0 Å². The number of esters is 1. The van der Waals surface area contributed by atoms with Crippen LogP contribution in [0.1, 0.15) is 37.7 Å². The largest absolute Gasteiger partial charge is 0.461 e. The number of hydrogen-bond donors (Lipinski definition) is 0. The van der Waals surface area contributed by atoms with Crippen molar-refractivity contribution in [2.45, 2.75) is 27.2 Å². The Morgan fingerprint density at radius 2 is 2.29 bits per heavy atom. The van der Waals surface area contributed by atoms with Crippen LogP contribution in [0, 0.1) is 5.92 Å². The van der Waals surface area contributed by atoms with Gasteiger partial charge in [0.15, 0.2) is 10.8 Å². The topological polar surface area (TPSA) is 42.4 Å². The third-order valence-electron chi connectivity index (χ3n) is 2.35. The maximum Gasteiger partial charge on any atom is 0.357 e. The Labute approximate surface area is 107 Å². The second-order valence-electron chi connectivity index (χ2n) is 4.34. The summed E-state index contributed by atoms with van der Waals surface area (Å²) in [5, 5.41) is 2.62. The van der Waals surface area contributed by atoms with Crippen LogP contribution in [0.2, 0.25) is 0 Å². The zero-order valence-electron chi connectivity index (χ0n) is 10.9. The quantitative estimate of drug-likeness (QED) is 0.734. The lowest BCUT2D eigenvalue weighted by molar-refractivity contribution is 0.0520. The standard InChI is InChI=1S/C12H20N2O2S/c1-5-16-11(15)10-8-17-12(13-10)14(4)7-6-9(2)3/h8-9H,5-7H2,1-4H3. The van der Waals surface area contributed by atoms with Gasteiger partial charge in [-0.3, -0.25) is 0 Å². The minimum Gasteiger partial charge on any atom is -0.461 e. The second-order valence-corrected chi connectivity index (χ2v) is 5.18. The van der Waals surface area contributed by atoms with Crippen LogP contribution in [0.3, 0.4) is 0 Å². The Balaban J connectivity index is 2.57. The van der Waals surface area contributed by atoms with Crippen molar-refractivity contribution >= 4 is 22.4 Å². The van der Waals surface area contributed by atoms with E-state index in [1.807, 2.05) is 7.05 Å². The lowest BCUT2D eigenvalue weighted by Crippen LogP contribution is -2.20. The van der Waals surface area contributed by atoms with E-state index in [2.05, 4.69) is 23.7 Å². The van der Waals surface area contributed by atoms with Crippen molar-refractivity contribution in [3.8, 4) is 0 Å².